The highest BCUT2D eigenvalue weighted by molar-refractivity contribution is 6.30. The summed E-state index contributed by atoms with van der Waals surface area (Å²) in [4.78, 5) is 47.3. The first kappa shape index (κ1) is 32.3. The number of aromatic amines is 1. The molecule has 3 N–H and O–H groups in total. The average molecular weight is 621 g/mol. The van der Waals surface area contributed by atoms with Gasteiger partial charge in [0.15, 0.2) is 0 Å². The Hall–Kier alpha value is -4.57. The number of carboxylic acids is 1. The first-order chi connectivity index (χ1) is 20.8. The summed E-state index contributed by atoms with van der Waals surface area (Å²) in [6.07, 6.45) is 0.517. The molecular formula is C33H37ClN4O6. The van der Waals surface area contributed by atoms with E-state index in [1.807, 2.05) is 30.3 Å². The molecule has 4 rings (SSSR count). The van der Waals surface area contributed by atoms with E-state index in [4.69, 9.17) is 21.1 Å². The summed E-state index contributed by atoms with van der Waals surface area (Å²) in [6.45, 7) is 5.27. The Balaban J connectivity index is 1.55. The summed E-state index contributed by atoms with van der Waals surface area (Å²) in [5, 5.41) is 12.9. The predicted octanol–water partition coefficient (Wildman–Crippen LogP) is 5.74. The van der Waals surface area contributed by atoms with Gasteiger partial charge >= 0.3 is 12.1 Å². The number of aromatic nitrogens is 2. The number of likely N-dealkylation sites (N-methyl/N-ethyl adjacent to an activating group) is 1. The summed E-state index contributed by atoms with van der Waals surface area (Å²) in [6, 6.07) is 17.3. The number of aliphatic carboxylic acids is 1. The van der Waals surface area contributed by atoms with Crippen molar-refractivity contribution < 1.29 is 29.0 Å². The molecule has 0 fully saturated rings. The monoisotopic (exact) mass is 620 g/mol. The number of halogens is 1. The Labute approximate surface area is 261 Å². The fourth-order valence-electron chi connectivity index (χ4n) is 4.91. The third-order valence-electron chi connectivity index (χ3n) is 6.97. The van der Waals surface area contributed by atoms with Gasteiger partial charge in [-0.25, -0.2) is 9.78 Å². The Morgan fingerprint density at radius 2 is 1.75 bits per heavy atom. The van der Waals surface area contributed by atoms with Crippen LogP contribution in [0.3, 0.4) is 0 Å². The minimum absolute atomic E-state index is 0.170. The number of carboxylic acid groups (broad SMARTS) is 1. The number of H-pyrrole nitrogens is 1. The van der Waals surface area contributed by atoms with Crippen molar-refractivity contribution in [2.24, 2.45) is 0 Å². The molecule has 2 aromatic carbocycles. The van der Waals surface area contributed by atoms with Crippen LogP contribution in [0.25, 0.3) is 11.0 Å². The van der Waals surface area contributed by atoms with Crippen molar-refractivity contribution in [1.82, 2.24) is 15.3 Å². The molecule has 0 bridgehead atoms. The molecule has 4 aromatic rings. The van der Waals surface area contributed by atoms with Crippen LogP contribution in [-0.2, 0) is 40.0 Å². The Kier molecular flexibility index (Phi) is 10.2. The van der Waals surface area contributed by atoms with Crippen LogP contribution in [0.4, 0.5) is 10.5 Å². The van der Waals surface area contributed by atoms with Crippen molar-refractivity contribution in [2.75, 3.05) is 19.1 Å². The number of carbonyl (C=O) groups excluding carboxylic acids is 2. The zero-order chi connectivity index (χ0) is 32.0. The number of carbonyl (C=O) groups is 3. The Morgan fingerprint density at radius 1 is 1.05 bits per heavy atom. The standard InChI is InChI=1S/C33H37ClN4O6/c1-33(2,3)44-32(42)36-27(31(41)38(4)23-12-10-22(34)11-13-23)18-21-8-6-7-20(17-21)9-14-25-24(19-29(39)40)30-26(35-25)15-16-28(37-30)43-5/h6-8,10-13,15-17,27,35H,9,14,18-19H2,1-5H3,(H,36,42)(H,39,40). The van der Waals surface area contributed by atoms with E-state index in [-0.39, 0.29) is 18.7 Å². The van der Waals surface area contributed by atoms with Gasteiger partial charge in [-0.05, 0) is 75.1 Å². The number of rotatable bonds is 11. The number of amides is 2. The largest absolute Gasteiger partial charge is 0.481 e. The second-order valence-corrected chi connectivity index (χ2v) is 11.9. The number of nitrogens with one attached hydrogen (secondary N) is 2. The molecule has 0 spiro atoms. The number of hydrogen-bond acceptors (Lipinski definition) is 6. The molecule has 2 heterocycles. The molecule has 232 valence electrons. The summed E-state index contributed by atoms with van der Waals surface area (Å²) < 4.78 is 10.7. The lowest BCUT2D eigenvalue weighted by Gasteiger charge is -2.27. The van der Waals surface area contributed by atoms with Crippen molar-refractivity contribution in [3.05, 3.63) is 88.1 Å². The minimum atomic E-state index is -0.949. The molecule has 44 heavy (non-hydrogen) atoms. The fourth-order valence-corrected chi connectivity index (χ4v) is 5.04. The molecule has 0 aliphatic carbocycles. The first-order valence-corrected chi connectivity index (χ1v) is 14.6. The van der Waals surface area contributed by atoms with Crippen LogP contribution in [-0.4, -0.2) is 58.8 Å². The number of nitrogens with zero attached hydrogens (tertiary/aromatic N) is 2. The molecule has 11 heteroatoms. The minimum Gasteiger partial charge on any atom is -0.481 e. The van der Waals surface area contributed by atoms with Crippen molar-refractivity contribution in [1.29, 1.82) is 0 Å². The number of methoxy groups -OCH3 is 1. The Bertz CT molecular complexity index is 1640. The summed E-state index contributed by atoms with van der Waals surface area (Å²) in [5.74, 6) is -0.855. The highest BCUT2D eigenvalue weighted by Crippen LogP contribution is 2.26. The Morgan fingerprint density at radius 3 is 2.41 bits per heavy atom. The van der Waals surface area contributed by atoms with Gasteiger partial charge < -0.3 is 29.8 Å². The first-order valence-electron chi connectivity index (χ1n) is 14.2. The van der Waals surface area contributed by atoms with E-state index in [1.165, 1.54) is 12.0 Å². The van der Waals surface area contributed by atoms with Crippen LogP contribution in [0.1, 0.15) is 43.2 Å². The lowest BCUT2D eigenvalue weighted by molar-refractivity contribution is -0.136. The van der Waals surface area contributed by atoms with Crippen molar-refractivity contribution in [3.63, 3.8) is 0 Å². The number of ether oxygens (including phenoxy) is 2. The fraction of sp³-hybridized carbons (Fsp3) is 0.333. The zero-order valence-corrected chi connectivity index (χ0v) is 26.2. The second kappa shape index (κ2) is 13.8. The van der Waals surface area contributed by atoms with Gasteiger partial charge in [0.2, 0.25) is 11.8 Å². The van der Waals surface area contributed by atoms with Gasteiger partial charge in [-0.15, -0.1) is 0 Å². The molecule has 0 saturated heterocycles. The van der Waals surface area contributed by atoms with Crippen molar-refractivity contribution in [2.45, 2.75) is 58.1 Å². The van der Waals surface area contributed by atoms with Gasteiger partial charge in [0.05, 0.1) is 24.6 Å². The van der Waals surface area contributed by atoms with Crippen LogP contribution >= 0.6 is 11.6 Å². The number of benzene rings is 2. The van der Waals surface area contributed by atoms with Gasteiger partial charge in [-0.1, -0.05) is 35.9 Å². The van der Waals surface area contributed by atoms with E-state index in [9.17, 15) is 19.5 Å². The molecule has 1 unspecified atom stereocenters. The van der Waals surface area contributed by atoms with E-state index >= 15 is 0 Å². The lowest BCUT2D eigenvalue weighted by atomic mass is 9.99. The average Bonchev–Trinajstić information content (AvgIpc) is 3.30. The van der Waals surface area contributed by atoms with Gasteiger partial charge in [0.25, 0.3) is 0 Å². The van der Waals surface area contributed by atoms with E-state index < -0.39 is 23.7 Å². The highest BCUT2D eigenvalue weighted by Gasteiger charge is 2.28. The molecule has 0 aliphatic heterocycles. The van der Waals surface area contributed by atoms with Gasteiger partial charge in [-0.2, -0.15) is 0 Å². The number of pyridine rings is 1. The van der Waals surface area contributed by atoms with Crippen LogP contribution in [0.2, 0.25) is 5.02 Å². The summed E-state index contributed by atoms with van der Waals surface area (Å²) in [5.41, 5.74) is 4.46. The SMILES string of the molecule is COc1ccc2[nH]c(CCc3cccc(CC(NC(=O)OC(C)(C)C)C(=O)N(C)c4ccc(Cl)cc4)c3)c(CC(=O)O)c2n1. The third-order valence-corrected chi connectivity index (χ3v) is 7.22. The third kappa shape index (κ3) is 8.50. The van der Waals surface area contributed by atoms with Crippen molar-refractivity contribution in [3.8, 4) is 5.88 Å². The highest BCUT2D eigenvalue weighted by atomic mass is 35.5. The van der Waals surface area contributed by atoms with Crippen LogP contribution < -0.4 is 15.0 Å². The molecular weight excluding hydrogens is 584 g/mol. The van der Waals surface area contributed by atoms with Crippen LogP contribution in [0.5, 0.6) is 5.88 Å². The van der Waals surface area contributed by atoms with Gasteiger partial charge in [-0.3, -0.25) is 9.59 Å². The zero-order valence-electron chi connectivity index (χ0n) is 25.4. The molecule has 1 atom stereocenters. The van der Waals surface area contributed by atoms with Crippen molar-refractivity contribution >= 4 is 46.3 Å². The van der Waals surface area contributed by atoms with Gasteiger partial charge in [0.1, 0.15) is 11.6 Å². The number of alkyl carbamates (subject to hydrolysis) is 1. The predicted molar refractivity (Wildman–Crippen MR) is 170 cm³/mol. The molecule has 0 saturated carbocycles. The van der Waals surface area contributed by atoms with Crippen LogP contribution in [0, 0.1) is 0 Å². The molecule has 2 aromatic heterocycles. The second-order valence-electron chi connectivity index (χ2n) is 11.5. The lowest BCUT2D eigenvalue weighted by Crippen LogP contribution is -2.50. The molecule has 0 aliphatic rings. The number of aryl methyl sites for hydroxylation is 2. The van der Waals surface area contributed by atoms with E-state index in [0.717, 1.165) is 22.3 Å². The molecule has 0 radical (unpaired) electrons. The normalized spacial score (nSPS) is 12.0. The van der Waals surface area contributed by atoms with E-state index in [2.05, 4.69) is 15.3 Å². The number of hydrogen-bond donors (Lipinski definition) is 3. The maximum absolute atomic E-state index is 13.6. The van der Waals surface area contributed by atoms with E-state index in [0.29, 0.717) is 40.5 Å². The van der Waals surface area contributed by atoms with Crippen LogP contribution in [0.15, 0.2) is 60.7 Å². The van der Waals surface area contributed by atoms with Gasteiger partial charge in [0, 0.05) is 41.5 Å². The molecule has 10 nitrogen and oxygen atoms in total. The van der Waals surface area contributed by atoms with E-state index in [1.54, 1.807) is 58.2 Å². The quantitative estimate of drug-likeness (QED) is 0.195. The molecule has 2 amide bonds. The maximum atomic E-state index is 13.6. The topological polar surface area (TPSA) is 134 Å². The maximum Gasteiger partial charge on any atom is 0.408 e. The summed E-state index contributed by atoms with van der Waals surface area (Å²) >= 11 is 6.03. The number of fused-ring (bicyclic) bond motifs is 1. The summed E-state index contributed by atoms with van der Waals surface area (Å²) in [7, 11) is 3.16. The smallest absolute Gasteiger partial charge is 0.408 e. The number of anilines is 1.